The largest absolute Gasteiger partial charge is 0.495 e. The number of rotatable bonds is 7. The van der Waals surface area contributed by atoms with Crippen LogP contribution in [-0.4, -0.2) is 36.4 Å². The lowest BCUT2D eigenvalue weighted by Gasteiger charge is -2.29. The molecule has 1 saturated heterocycles. The van der Waals surface area contributed by atoms with Crippen LogP contribution in [0.15, 0.2) is 48.7 Å². The molecule has 0 amide bonds. The van der Waals surface area contributed by atoms with Crippen molar-refractivity contribution in [2.24, 2.45) is 0 Å². The third-order valence-corrected chi connectivity index (χ3v) is 7.51. The Bertz CT molecular complexity index is 1380. The number of sulfonamides is 1. The van der Waals surface area contributed by atoms with Crippen LogP contribution in [0.2, 0.25) is 0 Å². The molecule has 2 atom stereocenters. The number of nitrogens with zero attached hydrogens (tertiary/aromatic N) is 3. The van der Waals surface area contributed by atoms with E-state index in [9.17, 15) is 8.42 Å². The van der Waals surface area contributed by atoms with Crippen LogP contribution in [0.3, 0.4) is 0 Å². The van der Waals surface area contributed by atoms with Crippen LogP contribution >= 0.6 is 12.2 Å². The molecular formula is C25H29N5O3S2. The summed E-state index contributed by atoms with van der Waals surface area (Å²) < 4.78 is 34.4. The fourth-order valence-electron chi connectivity index (χ4n) is 5.07. The van der Waals surface area contributed by atoms with Gasteiger partial charge in [-0.1, -0.05) is 6.07 Å². The number of hydrogen-bond donors (Lipinski definition) is 2. The lowest BCUT2D eigenvalue weighted by molar-refractivity contribution is 0.417. The average Bonchev–Trinajstić information content (AvgIpc) is 3.52. The molecule has 1 aliphatic heterocycles. The van der Waals surface area contributed by atoms with E-state index in [-0.39, 0.29) is 12.1 Å². The summed E-state index contributed by atoms with van der Waals surface area (Å²) in [6, 6.07) is 13.7. The van der Waals surface area contributed by atoms with Gasteiger partial charge in [0.1, 0.15) is 5.75 Å². The first-order valence-electron chi connectivity index (χ1n) is 11.5. The van der Waals surface area contributed by atoms with Crippen LogP contribution in [0, 0.1) is 13.8 Å². The average molecular weight is 512 g/mol. The zero-order chi connectivity index (χ0) is 24.9. The van der Waals surface area contributed by atoms with Gasteiger partial charge in [-0.15, -0.1) is 0 Å². The van der Waals surface area contributed by atoms with E-state index >= 15 is 0 Å². The first kappa shape index (κ1) is 23.6. The number of aromatic nitrogens is 2. The summed E-state index contributed by atoms with van der Waals surface area (Å²) in [5, 5.41) is 4.03. The summed E-state index contributed by atoms with van der Waals surface area (Å²) in [5.41, 5.74) is 5.63. The summed E-state index contributed by atoms with van der Waals surface area (Å²) in [6.07, 6.45) is 5.30. The number of methoxy groups -OCH3 is 1. The molecule has 0 bridgehead atoms. The zero-order valence-corrected chi connectivity index (χ0v) is 21.8. The minimum absolute atomic E-state index is 0.171. The van der Waals surface area contributed by atoms with Crippen molar-refractivity contribution in [3.63, 3.8) is 0 Å². The van der Waals surface area contributed by atoms with Crippen molar-refractivity contribution in [2.45, 2.75) is 44.8 Å². The number of pyridine rings is 1. The molecule has 10 heteroatoms. The van der Waals surface area contributed by atoms with Gasteiger partial charge in [-0.25, -0.2) is 8.42 Å². The molecule has 2 N–H and O–H groups in total. The van der Waals surface area contributed by atoms with E-state index in [2.05, 4.69) is 44.4 Å². The van der Waals surface area contributed by atoms with Crippen LogP contribution in [0.5, 0.6) is 5.75 Å². The second-order valence-corrected chi connectivity index (χ2v) is 11.3. The van der Waals surface area contributed by atoms with E-state index in [4.69, 9.17) is 17.0 Å². The second-order valence-electron chi connectivity index (χ2n) is 9.18. The molecule has 35 heavy (non-hydrogen) atoms. The van der Waals surface area contributed by atoms with Crippen LogP contribution in [-0.2, 0) is 10.0 Å². The molecule has 0 unspecified atom stereocenters. The van der Waals surface area contributed by atoms with Crippen molar-refractivity contribution >= 4 is 38.7 Å². The molecule has 184 valence electrons. The molecule has 3 heterocycles. The molecule has 2 aliphatic rings. The third kappa shape index (κ3) is 4.48. The van der Waals surface area contributed by atoms with E-state index in [1.165, 1.54) is 36.9 Å². The maximum atomic E-state index is 12.0. The van der Waals surface area contributed by atoms with Gasteiger partial charge >= 0.3 is 0 Å². The summed E-state index contributed by atoms with van der Waals surface area (Å²) in [5.74, 6) is 0.432. The SMILES string of the molecule is COc1ccc(N2C(=S)N[C@@H](c3ccccn3)[C@H]2c2cc(C)n(C3CC3)c2C)cc1NS(C)(=O)=O. The Kier molecular flexibility index (Phi) is 5.96. The molecular weight excluding hydrogens is 482 g/mol. The summed E-state index contributed by atoms with van der Waals surface area (Å²) in [6.45, 7) is 4.32. The predicted molar refractivity (Wildman–Crippen MR) is 142 cm³/mol. The van der Waals surface area contributed by atoms with Gasteiger partial charge in [-0.3, -0.25) is 9.71 Å². The predicted octanol–water partition coefficient (Wildman–Crippen LogP) is 4.39. The maximum Gasteiger partial charge on any atom is 0.229 e. The van der Waals surface area contributed by atoms with E-state index in [1.54, 1.807) is 18.3 Å². The standard InChI is InChI=1S/C25H29N5O3S2/c1-15-13-19(16(2)29(15)17-8-9-17)24-23(20-7-5-6-12-26-20)27-25(34)30(24)18-10-11-22(33-3)21(14-18)28-35(4,31)32/h5-7,10-14,17,23-24,28H,8-9H2,1-4H3,(H,27,34)/t23-,24+/m0/s1. The van der Waals surface area contributed by atoms with Gasteiger partial charge in [0.25, 0.3) is 0 Å². The topological polar surface area (TPSA) is 88.5 Å². The van der Waals surface area contributed by atoms with Crippen LogP contribution in [0.25, 0.3) is 0 Å². The fraction of sp³-hybridized carbons (Fsp3) is 0.360. The molecule has 0 spiro atoms. The summed E-state index contributed by atoms with van der Waals surface area (Å²) in [4.78, 5) is 6.69. The van der Waals surface area contributed by atoms with Gasteiger partial charge < -0.3 is 19.5 Å². The van der Waals surface area contributed by atoms with Gasteiger partial charge in [-0.2, -0.15) is 0 Å². The van der Waals surface area contributed by atoms with Crippen LogP contribution in [0.1, 0.15) is 53.6 Å². The number of thiocarbonyl (C=S) groups is 1. The van der Waals surface area contributed by atoms with Gasteiger partial charge in [0.15, 0.2) is 5.11 Å². The molecule has 8 nitrogen and oxygen atoms in total. The number of hydrogen-bond acceptors (Lipinski definition) is 5. The molecule has 1 aromatic carbocycles. The summed E-state index contributed by atoms with van der Waals surface area (Å²) >= 11 is 5.85. The zero-order valence-electron chi connectivity index (χ0n) is 20.1. The molecule has 1 saturated carbocycles. The minimum Gasteiger partial charge on any atom is -0.495 e. The lowest BCUT2D eigenvalue weighted by atomic mass is 9.96. The Morgan fingerprint density at radius 2 is 1.94 bits per heavy atom. The smallest absolute Gasteiger partial charge is 0.229 e. The number of ether oxygens (including phenoxy) is 1. The van der Waals surface area contributed by atoms with Crippen molar-refractivity contribution in [3.05, 3.63) is 71.3 Å². The Labute approximate surface area is 211 Å². The van der Waals surface area contributed by atoms with Crippen molar-refractivity contribution < 1.29 is 13.2 Å². The molecule has 0 radical (unpaired) electrons. The monoisotopic (exact) mass is 511 g/mol. The Hall–Kier alpha value is -3.11. The Morgan fingerprint density at radius 3 is 2.57 bits per heavy atom. The van der Waals surface area contributed by atoms with Crippen LogP contribution < -0.4 is 19.7 Å². The van der Waals surface area contributed by atoms with E-state index < -0.39 is 10.0 Å². The first-order valence-corrected chi connectivity index (χ1v) is 13.8. The highest BCUT2D eigenvalue weighted by Crippen LogP contribution is 2.46. The third-order valence-electron chi connectivity index (χ3n) is 6.61. The fourth-order valence-corrected chi connectivity index (χ4v) is 5.98. The quantitative estimate of drug-likeness (QED) is 0.455. The van der Waals surface area contributed by atoms with Gasteiger partial charge in [0.2, 0.25) is 10.0 Å². The number of aryl methyl sites for hydroxylation is 1. The van der Waals surface area contributed by atoms with Crippen molar-refractivity contribution in [1.29, 1.82) is 0 Å². The van der Waals surface area contributed by atoms with Gasteiger partial charge in [0, 0.05) is 29.3 Å². The second kappa shape index (κ2) is 8.83. The summed E-state index contributed by atoms with van der Waals surface area (Å²) in [7, 11) is -1.99. The van der Waals surface area contributed by atoms with E-state index in [0.717, 1.165) is 17.6 Å². The highest BCUT2D eigenvalue weighted by Gasteiger charge is 2.43. The highest BCUT2D eigenvalue weighted by molar-refractivity contribution is 7.92. The lowest BCUT2D eigenvalue weighted by Crippen LogP contribution is -2.29. The van der Waals surface area contributed by atoms with Crippen molar-refractivity contribution in [1.82, 2.24) is 14.9 Å². The van der Waals surface area contributed by atoms with Gasteiger partial charge in [-0.05, 0) is 80.9 Å². The highest BCUT2D eigenvalue weighted by atomic mass is 32.2. The van der Waals surface area contributed by atoms with Crippen molar-refractivity contribution in [2.75, 3.05) is 23.0 Å². The molecule has 2 fully saturated rings. The Balaban J connectivity index is 1.65. The number of anilines is 2. The van der Waals surface area contributed by atoms with E-state index in [0.29, 0.717) is 22.6 Å². The van der Waals surface area contributed by atoms with E-state index in [1.807, 2.05) is 24.3 Å². The van der Waals surface area contributed by atoms with Crippen molar-refractivity contribution in [3.8, 4) is 5.75 Å². The minimum atomic E-state index is -3.50. The molecule has 2 aromatic heterocycles. The normalized spacial score (nSPS) is 20.1. The molecule has 1 aliphatic carbocycles. The maximum absolute atomic E-state index is 12.0. The molecule has 5 rings (SSSR count). The number of benzene rings is 1. The Morgan fingerprint density at radius 1 is 1.17 bits per heavy atom. The van der Waals surface area contributed by atoms with Crippen LogP contribution in [0.4, 0.5) is 11.4 Å². The number of nitrogens with one attached hydrogen (secondary N) is 2. The van der Waals surface area contributed by atoms with Gasteiger partial charge in [0.05, 0.1) is 36.8 Å². The molecule has 3 aromatic rings. The first-order chi connectivity index (χ1) is 16.7.